The number of carbonyl (C=O) groups is 1. The van der Waals surface area contributed by atoms with Gasteiger partial charge < -0.3 is 4.74 Å². The number of benzene rings is 1. The molecule has 0 aromatic heterocycles. The highest BCUT2D eigenvalue weighted by atomic mass is 16.6. The van der Waals surface area contributed by atoms with Crippen LogP contribution in [0.15, 0.2) is 30.3 Å². The number of ether oxygens (including phenoxy) is 1. The fraction of sp³-hybridized carbons (Fsp3) is 0.533. The third-order valence-corrected chi connectivity index (χ3v) is 4.76. The Bertz CT molecular complexity index is 490. The molecule has 1 aromatic rings. The van der Waals surface area contributed by atoms with Crippen molar-refractivity contribution in [1.29, 1.82) is 0 Å². The molecule has 0 unspecified atom stereocenters. The van der Waals surface area contributed by atoms with Gasteiger partial charge >= 0.3 is 6.09 Å². The van der Waals surface area contributed by atoms with Crippen LogP contribution in [0.1, 0.15) is 18.4 Å². The zero-order valence-corrected chi connectivity index (χ0v) is 10.9. The number of rotatable bonds is 2. The van der Waals surface area contributed by atoms with Gasteiger partial charge in [-0.1, -0.05) is 30.3 Å². The van der Waals surface area contributed by atoms with Crippen LogP contribution in [-0.4, -0.2) is 47.2 Å². The monoisotopic (exact) mass is 258 g/mol. The first-order valence-electron chi connectivity index (χ1n) is 7.06. The van der Waals surface area contributed by atoms with Gasteiger partial charge in [-0.15, -0.1) is 0 Å². The van der Waals surface area contributed by atoms with Crippen LogP contribution in [0.3, 0.4) is 0 Å². The lowest BCUT2D eigenvalue weighted by Crippen LogP contribution is -2.58. The smallest absolute Gasteiger partial charge is 0.410 e. The van der Waals surface area contributed by atoms with Crippen LogP contribution in [0.25, 0.3) is 0 Å². The Morgan fingerprint density at radius 2 is 2.00 bits per heavy atom. The molecule has 0 saturated carbocycles. The summed E-state index contributed by atoms with van der Waals surface area (Å²) in [7, 11) is 0. The topological polar surface area (TPSA) is 32.8 Å². The summed E-state index contributed by atoms with van der Waals surface area (Å²) >= 11 is 0. The SMILES string of the molecule is O=C1OC[C@@H]2[C@H]3CC[C@@H](CN12)N3Cc1ccccc1. The number of nitrogens with zero attached hydrogens (tertiary/aromatic N) is 2. The van der Waals surface area contributed by atoms with Gasteiger partial charge in [0.1, 0.15) is 6.61 Å². The molecule has 0 spiro atoms. The number of cyclic esters (lactones) is 1. The summed E-state index contributed by atoms with van der Waals surface area (Å²) in [5.41, 5.74) is 1.36. The third kappa shape index (κ3) is 1.74. The zero-order chi connectivity index (χ0) is 12.8. The van der Waals surface area contributed by atoms with E-state index in [0.717, 1.165) is 13.1 Å². The predicted molar refractivity (Wildman–Crippen MR) is 70.6 cm³/mol. The lowest BCUT2D eigenvalue weighted by Gasteiger charge is -2.42. The van der Waals surface area contributed by atoms with Crippen molar-refractivity contribution in [3.8, 4) is 0 Å². The second kappa shape index (κ2) is 4.23. The molecule has 3 aliphatic heterocycles. The molecule has 100 valence electrons. The molecule has 4 heteroatoms. The Morgan fingerprint density at radius 3 is 2.84 bits per heavy atom. The Balaban J connectivity index is 1.57. The minimum absolute atomic E-state index is 0.110. The fourth-order valence-electron chi connectivity index (χ4n) is 3.84. The summed E-state index contributed by atoms with van der Waals surface area (Å²) in [4.78, 5) is 16.2. The highest BCUT2D eigenvalue weighted by molar-refractivity contribution is 5.70. The summed E-state index contributed by atoms with van der Waals surface area (Å²) in [6.45, 7) is 2.41. The van der Waals surface area contributed by atoms with Crippen LogP contribution >= 0.6 is 0 Å². The van der Waals surface area contributed by atoms with Gasteiger partial charge in [0.25, 0.3) is 0 Å². The Labute approximate surface area is 112 Å². The second-order valence-corrected chi connectivity index (χ2v) is 5.75. The minimum atomic E-state index is -0.110. The standard InChI is InChI=1S/C15H18N2O2/c18-15-17-9-12-6-7-13(14(17)10-19-15)16(12)8-11-4-2-1-3-5-11/h1-5,12-14H,6-10H2/t12-,13+,14+/m0/s1. The average Bonchev–Trinajstić information content (AvgIpc) is 2.93. The van der Waals surface area contributed by atoms with Gasteiger partial charge in [-0.25, -0.2) is 4.79 Å². The first-order chi connectivity index (χ1) is 9.33. The van der Waals surface area contributed by atoms with E-state index < -0.39 is 0 Å². The zero-order valence-electron chi connectivity index (χ0n) is 10.9. The normalized spacial score (nSPS) is 33.4. The predicted octanol–water partition coefficient (Wildman–Crippen LogP) is 1.85. The van der Waals surface area contributed by atoms with E-state index in [-0.39, 0.29) is 12.1 Å². The molecule has 4 nitrogen and oxygen atoms in total. The van der Waals surface area contributed by atoms with E-state index in [1.165, 1.54) is 18.4 Å². The molecular weight excluding hydrogens is 240 g/mol. The minimum Gasteiger partial charge on any atom is -0.447 e. The molecule has 3 heterocycles. The molecule has 1 aromatic carbocycles. The third-order valence-electron chi connectivity index (χ3n) is 4.76. The molecule has 3 fully saturated rings. The van der Waals surface area contributed by atoms with Crippen LogP contribution in [0.5, 0.6) is 0 Å². The highest BCUT2D eigenvalue weighted by Gasteiger charge is 2.51. The van der Waals surface area contributed by atoms with E-state index in [1.807, 2.05) is 4.90 Å². The van der Waals surface area contributed by atoms with Gasteiger partial charge in [-0.05, 0) is 18.4 Å². The molecular formula is C15H18N2O2. The van der Waals surface area contributed by atoms with Crippen LogP contribution < -0.4 is 0 Å². The van der Waals surface area contributed by atoms with E-state index >= 15 is 0 Å². The maximum Gasteiger partial charge on any atom is 0.410 e. The summed E-state index contributed by atoms with van der Waals surface area (Å²) in [6.07, 6.45) is 2.29. The molecule has 0 aliphatic carbocycles. The largest absolute Gasteiger partial charge is 0.447 e. The van der Waals surface area contributed by atoms with Gasteiger partial charge in [-0.2, -0.15) is 0 Å². The van der Waals surface area contributed by atoms with E-state index in [2.05, 4.69) is 35.2 Å². The van der Waals surface area contributed by atoms with Gasteiger partial charge in [0, 0.05) is 25.2 Å². The lowest BCUT2D eigenvalue weighted by atomic mass is 10.0. The number of piperazine rings is 1. The Morgan fingerprint density at radius 1 is 1.16 bits per heavy atom. The summed E-state index contributed by atoms with van der Waals surface area (Å²) in [6, 6.07) is 11.9. The van der Waals surface area contributed by atoms with Crippen molar-refractivity contribution in [3.05, 3.63) is 35.9 Å². The second-order valence-electron chi connectivity index (χ2n) is 5.75. The maximum absolute atomic E-state index is 11.7. The number of hydrogen-bond donors (Lipinski definition) is 0. The van der Waals surface area contributed by atoms with E-state index in [9.17, 15) is 4.79 Å². The van der Waals surface area contributed by atoms with Gasteiger partial charge in [0.05, 0.1) is 6.04 Å². The number of carbonyl (C=O) groups excluding carboxylic acids is 1. The first-order valence-corrected chi connectivity index (χ1v) is 7.06. The molecule has 0 N–H and O–H groups in total. The van der Waals surface area contributed by atoms with Gasteiger partial charge in [0.15, 0.2) is 0 Å². The summed E-state index contributed by atoms with van der Waals surface area (Å²) in [5.74, 6) is 0. The molecule has 2 bridgehead atoms. The van der Waals surface area contributed by atoms with Crippen molar-refractivity contribution >= 4 is 6.09 Å². The molecule has 3 aliphatic rings. The number of fused-ring (bicyclic) bond motifs is 4. The van der Waals surface area contributed by atoms with Crippen molar-refractivity contribution in [2.75, 3.05) is 13.2 Å². The first kappa shape index (κ1) is 11.3. The Hall–Kier alpha value is -1.55. The average molecular weight is 258 g/mol. The number of amides is 1. The van der Waals surface area contributed by atoms with Gasteiger partial charge in [0.2, 0.25) is 0 Å². The molecule has 4 rings (SSSR count). The summed E-state index contributed by atoms with van der Waals surface area (Å²) < 4.78 is 5.21. The van der Waals surface area contributed by atoms with E-state index in [0.29, 0.717) is 18.7 Å². The number of hydrogen-bond acceptors (Lipinski definition) is 3. The van der Waals surface area contributed by atoms with Crippen molar-refractivity contribution < 1.29 is 9.53 Å². The fourth-order valence-corrected chi connectivity index (χ4v) is 3.84. The summed E-state index contributed by atoms with van der Waals surface area (Å²) in [5, 5.41) is 0. The van der Waals surface area contributed by atoms with Crippen LogP contribution in [0.2, 0.25) is 0 Å². The lowest BCUT2D eigenvalue weighted by molar-refractivity contribution is 0.0522. The molecule has 3 atom stereocenters. The van der Waals surface area contributed by atoms with Crippen molar-refractivity contribution in [2.24, 2.45) is 0 Å². The van der Waals surface area contributed by atoms with Gasteiger partial charge in [-0.3, -0.25) is 9.80 Å². The molecule has 0 radical (unpaired) electrons. The van der Waals surface area contributed by atoms with Crippen LogP contribution in [0.4, 0.5) is 4.79 Å². The highest BCUT2D eigenvalue weighted by Crippen LogP contribution is 2.37. The quantitative estimate of drug-likeness (QED) is 0.811. The van der Waals surface area contributed by atoms with Crippen molar-refractivity contribution in [3.63, 3.8) is 0 Å². The Kier molecular flexibility index (Phi) is 2.52. The van der Waals surface area contributed by atoms with Crippen LogP contribution in [0, 0.1) is 0 Å². The molecule has 3 saturated heterocycles. The molecule has 19 heavy (non-hydrogen) atoms. The maximum atomic E-state index is 11.7. The van der Waals surface area contributed by atoms with Crippen LogP contribution in [-0.2, 0) is 11.3 Å². The van der Waals surface area contributed by atoms with E-state index in [4.69, 9.17) is 4.74 Å². The van der Waals surface area contributed by atoms with E-state index in [1.54, 1.807) is 0 Å². The van der Waals surface area contributed by atoms with Crippen molar-refractivity contribution in [1.82, 2.24) is 9.80 Å². The molecule has 1 amide bonds. The van der Waals surface area contributed by atoms with Crippen molar-refractivity contribution in [2.45, 2.75) is 37.5 Å².